The normalized spacial score (nSPS) is 11.4. The molecule has 0 saturated carbocycles. The van der Waals surface area contributed by atoms with Crippen LogP contribution in [0.5, 0.6) is 0 Å². The van der Waals surface area contributed by atoms with Gasteiger partial charge in [-0.2, -0.15) is 0 Å². The van der Waals surface area contributed by atoms with E-state index in [-0.39, 0.29) is 5.91 Å². The summed E-state index contributed by atoms with van der Waals surface area (Å²) in [6, 6.07) is 0. The Morgan fingerprint density at radius 2 is 1.73 bits per heavy atom. The van der Waals surface area contributed by atoms with Crippen molar-refractivity contribution in [2.45, 2.75) is 25.1 Å². The highest BCUT2D eigenvalue weighted by Crippen LogP contribution is 2.22. The highest BCUT2D eigenvalue weighted by molar-refractivity contribution is 6.57. The summed E-state index contributed by atoms with van der Waals surface area (Å²) < 4.78 is -1.29. The van der Waals surface area contributed by atoms with Gasteiger partial charge in [0.25, 0.3) is 5.91 Å². The van der Waals surface area contributed by atoms with Crippen LogP contribution in [0.3, 0.4) is 0 Å². The lowest BCUT2D eigenvalue weighted by atomic mass is 10.3. The van der Waals surface area contributed by atoms with Crippen LogP contribution >= 0.6 is 23.2 Å². The zero-order valence-electron chi connectivity index (χ0n) is 7.03. The lowest BCUT2D eigenvalue weighted by molar-refractivity contribution is -0.131. The Labute approximate surface area is 77.5 Å². The van der Waals surface area contributed by atoms with Crippen LogP contribution < -0.4 is 0 Å². The molecule has 11 heavy (non-hydrogen) atoms. The summed E-state index contributed by atoms with van der Waals surface area (Å²) in [4.78, 5) is 12.9. The Kier molecular flexibility index (Phi) is 4.19. The number of carbonyl (C=O) groups is 1. The zero-order chi connectivity index (χ0) is 9.07. The quantitative estimate of drug-likeness (QED) is 0.635. The van der Waals surface area contributed by atoms with Crippen molar-refractivity contribution >= 4 is 29.1 Å². The van der Waals surface area contributed by atoms with E-state index in [9.17, 15) is 4.79 Å². The molecule has 0 bridgehead atoms. The molecule has 0 aromatic heterocycles. The maximum absolute atomic E-state index is 11.3. The first kappa shape index (κ1) is 11.1. The fourth-order valence-electron chi connectivity index (χ4n) is 0.788. The van der Waals surface area contributed by atoms with E-state index < -0.39 is 4.33 Å². The lowest BCUT2D eigenvalue weighted by Gasteiger charge is -2.23. The predicted octanol–water partition coefficient (Wildman–Crippen LogP) is 2.05. The van der Waals surface area contributed by atoms with Crippen molar-refractivity contribution in [3.05, 3.63) is 0 Å². The maximum atomic E-state index is 11.3. The molecular formula is C7H13Cl2NO. The molecule has 0 atom stereocenters. The van der Waals surface area contributed by atoms with Crippen molar-refractivity contribution in [2.24, 2.45) is 0 Å². The summed E-state index contributed by atoms with van der Waals surface area (Å²) in [6.45, 7) is 6.55. The summed E-state index contributed by atoms with van der Waals surface area (Å²) in [5.74, 6) is -0.231. The van der Waals surface area contributed by atoms with Gasteiger partial charge in [0.2, 0.25) is 0 Å². The molecular weight excluding hydrogens is 185 g/mol. The first-order valence-corrected chi connectivity index (χ1v) is 4.36. The highest BCUT2D eigenvalue weighted by atomic mass is 35.5. The highest BCUT2D eigenvalue weighted by Gasteiger charge is 2.30. The van der Waals surface area contributed by atoms with Gasteiger partial charge in [-0.3, -0.25) is 4.79 Å². The standard InChI is InChI=1S/C7H13Cl2NO/c1-4-10(5-2)6(11)7(3,8)9/h4-5H2,1-3H3. The minimum absolute atomic E-state index is 0.231. The van der Waals surface area contributed by atoms with Crippen LogP contribution in [-0.4, -0.2) is 28.2 Å². The molecule has 0 aliphatic rings. The first-order valence-electron chi connectivity index (χ1n) is 3.60. The van der Waals surface area contributed by atoms with E-state index in [0.717, 1.165) is 0 Å². The van der Waals surface area contributed by atoms with Crippen LogP contribution in [0.15, 0.2) is 0 Å². The van der Waals surface area contributed by atoms with E-state index in [2.05, 4.69) is 0 Å². The second-order valence-electron chi connectivity index (χ2n) is 2.37. The molecule has 0 spiro atoms. The second kappa shape index (κ2) is 4.17. The molecule has 0 radical (unpaired) electrons. The molecule has 0 heterocycles. The van der Waals surface area contributed by atoms with E-state index in [1.807, 2.05) is 13.8 Å². The van der Waals surface area contributed by atoms with Crippen molar-refractivity contribution in [1.82, 2.24) is 4.90 Å². The average Bonchev–Trinajstić information content (AvgIpc) is 1.88. The van der Waals surface area contributed by atoms with Gasteiger partial charge < -0.3 is 4.90 Å². The van der Waals surface area contributed by atoms with Gasteiger partial charge >= 0.3 is 0 Å². The number of nitrogens with zero attached hydrogens (tertiary/aromatic N) is 1. The third-order valence-corrected chi connectivity index (χ3v) is 1.75. The van der Waals surface area contributed by atoms with Gasteiger partial charge in [0.1, 0.15) is 0 Å². The van der Waals surface area contributed by atoms with Crippen molar-refractivity contribution in [2.75, 3.05) is 13.1 Å². The molecule has 1 amide bonds. The number of halogens is 2. The largest absolute Gasteiger partial charge is 0.341 e. The summed E-state index contributed by atoms with van der Waals surface area (Å²) in [5, 5.41) is 0. The van der Waals surface area contributed by atoms with Crippen LogP contribution in [0.4, 0.5) is 0 Å². The molecule has 0 unspecified atom stereocenters. The van der Waals surface area contributed by atoms with Crippen LogP contribution in [0.2, 0.25) is 0 Å². The molecule has 0 aliphatic carbocycles. The number of alkyl halides is 2. The lowest BCUT2D eigenvalue weighted by Crippen LogP contribution is -2.40. The van der Waals surface area contributed by atoms with Crippen LogP contribution in [0.1, 0.15) is 20.8 Å². The average molecular weight is 198 g/mol. The molecule has 0 rings (SSSR count). The Hall–Kier alpha value is 0.0500. The molecule has 4 heteroatoms. The van der Waals surface area contributed by atoms with Gasteiger partial charge in [-0.05, 0) is 20.8 Å². The Morgan fingerprint density at radius 1 is 1.36 bits per heavy atom. The molecule has 0 aromatic rings. The smallest absolute Gasteiger partial charge is 0.258 e. The molecule has 0 aromatic carbocycles. The molecule has 0 saturated heterocycles. The molecule has 0 N–H and O–H groups in total. The summed E-state index contributed by atoms with van der Waals surface area (Å²) in [7, 11) is 0. The summed E-state index contributed by atoms with van der Waals surface area (Å²) >= 11 is 11.2. The van der Waals surface area contributed by atoms with Crippen LogP contribution in [0, 0.1) is 0 Å². The van der Waals surface area contributed by atoms with Gasteiger partial charge in [-0.25, -0.2) is 0 Å². The molecule has 0 fully saturated rings. The van der Waals surface area contributed by atoms with Crippen molar-refractivity contribution in [3.63, 3.8) is 0 Å². The van der Waals surface area contributed by atoms with Gasteiger partial charge in [-0.15, -0.1) is 0 Å². The predicted molar refractivity (Wildman–Crippen MR) is 48.0 cm³/mol. The van der Waals surface area contributed by atoms with Crippen LogP contribution in [0.25, 0.3) is 0 Å². The molecule has 2 nitrogen and oxygen atoms in total. The maximum Gasteiger partial charge on any atom is 0.258 e. The van der Waals surface area contributed by atoms with Gasteiger partial charge in [-0.1, -0.05) is 23.2 Å². The number of carbonyl (C=O) groups excluding carboxylic acids is 1. The van der Waals surface area contributed by atoms with E-state index in [0.29, 0.717) is 13.1 Å². The molecule has 66 valence electrons. The van der Waals surface area contributed by atoms with E-state index in [1.54, 1.807) is 4.90 Å². The summed E-state index contributed by atoms with van der Waals surface area (Å²) in [5.41, 5.74) is 0. The van der Waals surface area contributed by atoms with E-state index in [4.69, 9.17) is 23.2 Å². The minimum atomic E-state index is -1.29. The number of rotatable bonds is 3. The molecule has 0 aliphatic heterocycles. The SMILES string of the molecule is CCN(CC)C(=O)C(C)(Cl)Cl. The third-order valence-electron chi connectivity index (χ3n) is 1.43. The van der Waals surface area contributed by atoms with Gasteiger partial charge in [0.05, 0.1) is 0 Å². The van der Waals surface area contributed by atoms with Crippen molar-refractivity contribution in [3.8, 4) is 0 Å². The zero-order valence-corrected chi connectivity index (χ0v) is 8.54. The Morgan fingerprint density at radius 3 is 1.82 bits per heavy atom. The van der Waals surface area contributed by atoms with Crippen LogP contribution in [-0.2, 0) is 4.79 Å². The number of hydrogen-bond acceptors (Lipinski definition) is 1. The Balaban J connectivity index is 4.22. The number of amides is 1. The summed E-state index contributed by atoms with van der Waals surface area (Å²) in [6.07, 6.45) is 0. The van der Waals surface area contributed by atoms with Gasteiger partial charge in [0.15, 0.2) is 4.33 Å². The topological polar surface area (TPSA) is 20.3 Å². The third kappa shape index (κ3) is 3.30. The second-order valence-corrected chi connectivity index (χ2v) is 4.07. The number of hydrogen-bond donors (Lipinski definition) is 0. The minimum Gasteiger partial charge on any atom is -0.341 e. The van der Waals surface area contributed by atoms with E-state index >= 15 is 0 Å². The monoisotopic (exact) mass is 197 g/mol. The van der Waals surface area contributed by atoms with Gasteiger partial charge in [0, 0.05) is 13.1 Å². The van der Waals surface area contributed by atoms with Crippen molar-refractivity contribution in [1.29, 1.82) is 0 Å². The Bertz CT molecular complexity index is 138. The first-order chi connectivity index (χ1) is 4.93. The fourth-order valence-corrected chi connectivity index (χ4v) is 1.03. The van der Waals surface area contributed by atoms with Crippen molar-refractivity contribution < 1.29 is 4.79 Å². The van der Waals surface area contributed by atoms with E-state index in [1.165, 1.54) is 6.92 Å². The fraction of sp³-hybridized carbons (Fsp3) is 0.857.